The molecule has 1 aromatic heterocycles. The van der Waals surface area contributed by atoms with Crippen molar-refractivity contribution in [1.82, 2.24) is 9.55 Å². The molecule has 1 amide bonds. The molecule has 0 N–H and O–H groups in total. The van der Waals surface area contributed by atoms with E-state index in [-0.39, 0.29) is 5.91 Å². The van der Waals surface area contributed by atoms with Gasteiger partial charge in [-0.25, -0.2) is 4.98 Å². The quantitative estimate of drug-likeness (QED) is 0.856. The molecular weight excluding hydrogens is 328 g/mol. The van der Waals surface area contributed by atoms with Crippen molar-refractivity contribution >= 4 is 23.2 Å². The van der Waals surface area contributed by atoms with Gasteiger partial charge in [0.15, 0.2) is 5.54 Å². The number of aromatic nitrogens is 2. The van der Waals surface area contributed by atoms with Crippen molar-refractivity contribution < 1.29 is 9.53 Å². The van der Waals surface area contributed by atoms with E-state index in [1.807, 2.05) is 4.57 Å². The molecule has 4 rings (SSSR count). The zero-order valence-corrected chi connectivity index (χ0v) is 13.9. The van der Waals surface area contributed by atoms with Crippen LogP contribution in [0, 0.1) is 11.3 Å². The Hall–Kier alpha value is -2.36. The second-order valence-corrected chi connectivity index (χ2v) is 6.44. The average molecular weight is 343 g/mol. The summed E-state index contributed by atoms with van der Waals surface area (Å²) in [6.45, 7) is 0.825. The van der Waals surface area contributed by atoms with Gasteiger partial charge in [0.2, 0.25) is 0 Å². The minimum absolute atomic E-state index is 0.0386. The van der Waals surface area contributed by atoms with Gasteiger partial charge in [-0.1, -0.05) is 11.6 Å². The first kappa shape index (κ1) is 15.2. The van der Waals surface area contributed by atoms with Gasteiger partial charge in [0.05, 0.1) is 35.3 Å². The van der Waals surface area contributed by atoms with Crippen LogP contribution in [-0.2, 0) is 21.5 Å². The van der Waals surface area contributed by atoms with Gasteiger partial charge in [-0.15, -0.1) is 0 Å². The van der Waals surface area contributed by atoms with Crippen molar-refractivity contribution in [2.24, 2.45) is 0 Å². The number of ether oxygens (including phenoxy) is 1. The number of anilines is 1. The molecule has 0 bridgehead atoms. The molecule has 0 saturated carbocycles. The van der Waals surface area contributed by atoms with Crippen molar-refractivity contribution in [1.29, 1.82) is 5.26 Å². The summed E-state index contributed by atoms with van der Waals surface area (Å²) >= 11 is 6.53. The topological polar surface area (TPSA) is 71.2 Å². The molecule has 24 heavy (non-hydrogen) atoms. The lowest BCUT2D eigenvalue weighted by Gasteiger charge is -2.26. The predicted octanol–water partition coefficient (Wildman–Crippen LogP) is 2.09. The number of imidazole rings is 1. The molecule has 6 nitrogen and oxygen atoms in total. The van der Waals surface area contributed by atoms with E-state index in [4.69, 9.17) is 16.3 Å². The van der Waals surface area contributed by atoms with Gasteiger partial charge < -0.3 is 14.2 Å². The SMILES string of the molecule is COCCN1C(=O)C2(CCc3cncn32)c2c(Cl)cc(C#N)cc21. The fraction of sp³-hybridized carbons (Fsp3) is 0.353. The van der Waals surface area contributed by atoms with Crippen LogP contribution < -0.4 is 4.90 Å². The molecule has 1 aromatic carbocycles. The second-order valence-electron chi connectivity index (χ2n) is 6.03. The number of methoxy groups -OCH3 is 1. The lowest BCUT2D eigenvalue weighted by molar-refractivity contribution is -0.124. The predicted molar refractivity (Wildman–Crippen MR) is 88.0 cm³/mol. The van der Waals surface area contributed by atoms with Crippen LogP contribution in [0.4, 0.5) is 5.69 Å². The first-order chi connectivity index (χ1) is 11.6. The first-order valence-corrected chi connectivity index (χ1v) is 8.08. The summed E-state index contributed by atoms with van der Waals surface area (Å²) in [5.41, 5.74) is 2.06. The molecule has 7 heteroatoms. The fourth-order valence-corrected chi connectivity index (χ4v) is 4.23. The number of halogens is 1. The Morgan fingerprint density at radius 3 is 3.08 bits per heavy atom. The lowest BCUT2D eigenvalue weighted by atomic mass is 9.88. The number of benzene rings is 1. The Balaban J connectivity index is 1.97. The van der Waals surface area contributed by atoms with E-state index < -0.39 is 5.54 Å². The van der Waals surface area contributed by atoms with Crippen LogP contribution >= 0.6 is 11.6 Å². The van der Waals surface area contributed by atoms with Crippen molar-refractivity contribution in [3.05, 3.63) is 46.5 Å². The zero-order chi connectivity index (χ0) is 16.9. The van der Waals surface area contributed by atoms with E-state index in [0.29, 0.717) is 35.8 Å². The summed E-state index contributed by atoms with van der Waals surface area (Å²) in [5.74, 6) is -0.0386. The molecule has 0 radical (unpaired) electrons. The lowest BCUT2D eigenvalue weighted by Crippen LogP contribution is -2.44. The van der Waals surface area contributed by atoms with E-state index in [1.165, 1.54) is 0 Å². The third-order valence-electron chi connectivity index (χ3n) is 4.89. The summed E-state index contributed by atoms with van der Waals surface area (Å²) < 4.78 is 7.08. The third kappa shape index (κ3) is 1.80. The van der Waals surface area contributed by atoms with Crippen LogP contribution in [0.15, 0.2) is 24.7 Å². The minimum atomic E-state index is -0.861. The highest BCUT2D eigenvalue weighted by Crippen LogP contribution is 2.52. The Kier molecular flexibility index (Phi) is 3.37. The van der Waals surface area contributed by atoms with Gasteiger partial charge in [0.1, 0.15) is 0 Å². The number of nitrogens with zero attached hydrogens (tertiary/aromatic N) is 4. The van der Waals surface area contributed by atoms with Gasteiger partial charge in [0, 0.05) is 31.1 Å². The molecule has 0 fully saturated rings. The normalized spacial score (nSPS) is 21.2. The number of amides is 1. The Morgan fingerprint density at radius 2 is 2.33 bits per heavy atom. The highest BCUT2D eigenvalue weighted by atomic mass is 35.5. The Morgan fingerprint density at radius 1 is 1.50 bits per heavy atom. The van der Waals surface area contributed by atoms with E-state index in [2.05, 4.69) is 11.1 Å². The number of hydrogen-bond donors (Lipinski definition) is 0. The number of fused-ring (bicyclic) bond motifs is 4. The molecule has 0 saturated heterocycles. The number of carbonyl (C=O) groups excluding carboxylic acids is 1. The summed E-state index contributed by atoms with van der Waals surface area (Å²) in [6, 6.07) is 5.47. The first-order valence-electron chi connectivity index (χ1n) is 7.70. The Bertz CT molecular complexity index is 885. The second kappa shape index (κ2) is 5.33. The molecule has 1 unspecified atom stereocenters. The summed E-state index contributed by atoms with van der Waals surface area (Å²) in [5, 5.41) is 9.69. The van der Waals surface area contributed by atoms with Crippen molar-refractivity contribution in [3.63, 3.8) is 0 Å². The number of rotatable bonds is 3. The van der Waals surface area contributed by atoms with Crippen molar-refractivity contribution in [2.45, 2.75) is 18.4 Å². The summed E-state index contributed by atoms with van der Waals surface area (Å²) in [4.78, 5) is 19.3. The molecular formula is C17H15ClN4O2. The van der Waals surface area contributed by atoms with Crippen molar-refractivity contribution in [2.75, 3.05) is 25.2 Å². The largest absolute Gasteiger partial charge is 0.383 e. The maximum atomic E-state index is 13.4. The zero-order valence-electron chi connectivity index (χ0n) is 13.1. The molecule has 1 atom stereocenters. The Labute approximate surface area is 144 Å². The van der Waals surface area contributed by atoms with Gasteiger partial charge >= 0.3 is 0 Å². The monoisotopic (exact) mass is 342 g/mol. The average Bonchev–Trinajstić information content (AvgIpc) is 3.23. The van der Waals surface area contributed by atoms with Crippen LogP contribution in [0.3, 0.4) is 0 Å². The third-order valence-corrected chi connectivity index (χ3v) is 5.19. The molecule has 2 aliphatic rings. The van der Waals surface area contributed by atoms with Crippen LogP contribution in [0.2, 0.25) is 5.02 Å². The number of aryl methyl sites for hydroxylation is 1. The molecule has 3 heterocycles. The highest BCUT2D eigenvalue weighted by Gasteiger charge is 2.56. The van der Waals surface area contributed by atoms with Crippen LogP contribution in [0.5, 0.6) is 0 Å². The molecule has 0 aliphatic carbocycles. The summed E-state index contributed by atoms with van der Waals surface area (Å²) in [6.07, 6.45) is 4.89. The van der Waals surface area contributed by atoms with E-state index >= 15 is 0 Å². The van der Waals surface area contributed by atoms with E-state index in [1.54, 1.807) is 36.7 Å². The van der Waals surface area contributed by atoms with Gasteiger partial charge in [-0.05, 0) is 25.0 Å². The molecule has 2 aromatic rings. The van der Waals surface area contributed by atoms with Crippen LogP contribution in [-0.4, -0.2) is 35.7 Å². The number of hydrogen-bond acceptors (Lipinski definition) is 4. The van der Waals surface area contributed by atoms with Gasteiger partial charge in [-0.2, -0.15) is 5.26 Å². The van der Waals surface area contributed by atoms with Crippen LogP contribution in [0.25, 0.3) is 0 Å². The maximum absolute atomic E-state index is 13.4. The maximum Gasteiger partial charge on any atom is 0.258 e. The number of carbonyl (C=O) groups is 1. The van der Waals surface area contributed by atoms with Gasteiger partial charge in [-0.3, -0.25) is 4.79 Å². The van der Waals surface area contributed by atoms with Crippen molar-refractivity contribution in [3.8, 4) is 6.07 Å². The van der Waals surface area contributed by atoms with Gasteiger partial charge in [0.25, 0.3) is 5.91 Å². The van der Waals surface area contributed by atoms with Crippen LogP contribution in [0.1, 0.15) is 23.2 Å². The standard InChI is InChI=1S/C17H15ClN4O2/c1-24-5-4-21-14-7-11(8-19)6-13(18)15(14)17(16(21)23)3-2-12-9-20-10-22(12)17/h6-7,9-10H,2-5H2,1H3. The summed E-state index contributed by atoms with van der Waals surface area (Å²) in [7, 11) is 1.60. The van der Waals surface area contributed by atoms with E-state index in [0.717, 1.165) is 17.7 Å². The molecule has 2 aliphatic heterocycles. The smallest absolute Gasteiger partial charge is 0.258 e. The highest BCUT2D eigenvalue weighted by molar-refractivity contribution is 6.33. The molecule has 122 valence electrons. The number of nitriles is 1. The fourth-order valence-electron chi connectivity index (χ4n) is 3.86. The molecule has 1 spiro atoms. The minimum Gasteiger partial charge on any atom is -0.383 e. The van der Waals surface area contributed by atoms with E-state index in [9.17, 15) is 10.1 Å².